The normalized spacial score (nSPS) is 20.1. The van der Waals surface area contributed by atoms with E-state index in [1.165, 1.54) is 16.6 Å². The molecular formula is C10H16N2O3S. The van der Waals surface area contributed by atoms with Crippen molar-refractivity contribution in [3.05, 3.63) is 18.0 Å². The zero-order valence-electron chi connectivity index (χ0n) is 9.18. The zero-order chi connectivity index (χ0) is 11.8. The Labute approximate surface area is 95.1 Å². The number of hydrogen-bond donors (Lipinski definition) is 2. The Kier molecular flexibility index (Phi) is 3.05. The molecule has 0 spiro atoms. The third kappa shape index (κ3) is 2.00. The summed E-state index contributed by atoms with van der Waals surface area (Å²) in [6.45, 7) is 2.78. The van der Waals surface area contributed by atoms with Gasteiger partial charge in [0.2, 0.25) is 10.0 Å². The minimum absolute atomic E-state index is 0.241. The van der Waals surface area contributed by atoms with Crippen LogP contribution in [0.25, 0.3) is 0 Å². The van der Waals surface area contributed by atoms with Crippen LogP contribution in [0.4, 0.5) is 0 Å². The molecule has 2 heterocycles. The minimum atomic E-state index is -3.36. The number of H-pyrrole nitrogens is 1. The first-order chi connectivity index (χ1) is 7.51. The predicted molar refractivity (Wildman–Crippen MR) is 59.4 cm³/mol. The zero-order valence-corrected chi connectivity index (χ0v) is 10.00. The van der Waals surface area contributed by atoms with Crippen LogP contribution >= 0.6 is 0 Å². The molecule has 1 saturated heterocycles. The van der Waals surface area contributed by atoms with Crippen molar-refractivity contribution in [3.63, 3.8) is 0 Å². The Morgan fingerprint density at radius 3 is 2.56 bits per heavy atom. The molecule has 1 aliphatic rings. The number of aromatic amines is 1. The van der Waals surface area contributed by atoms with Gasteiger partial charge in [-0.15, -0.1) is 0 Å². The highest BCUT2D eigenvalue weighted by Crippen LogP contribution is 2.23. The minimum Gasteiger partial charge on any atom is -0.387 e. The van der Waals surface area contributed by atoms with Crippen LogP contribution in [0.3, 0.4) is 0 Å². The van der Waals surface area contributed by atoms with E-state index in [9.17, 15) is 13.5 Å². The summed E-state index contributed by atoms with van der Waals surface area (Å²) in [6, 6.07) is 1.50. The van der Waals surface area contributed by atoms with E-state index in [0.29, 0.717) is 18.8 Å². The maximum Gasteiger partial charge on any atom is 0.244 e. The lowest BCUT2D eigenvalue weighted by Crippen LogP contribution is -2.27. The van der Waals surface area contributed by atoms with Crippen LogP contribution < -0.4 is 0 Å². The summed E-state index contributed by atoms with van der Waals surface area (Å²) < 4.78 is 25.7. The van der Waals surface area contributed by atoms with Gasteiger partial charge in [-0.25, -0.2) is 8.42 Å². The molecule has 1 aromatic heterocycles. The molecule has 1 atom stereocenters. The molecule has 16 heavy (non-hydrogen) atoms. The monoisotopic (exact) mass is 244 g/mol. The molecule has 1 unspecified atom stereocenters. The number of nitrogens with zero attached hydrogens (tertiary/aromatic N) is 1. The van der Waals surface area contributed by atoms with E-state index in [1.807, 2.05) is 0 Å². The van der Waals surface area contributed by atoms with Crippen molar-refractivity contribution < 1.29 is 13.5 Å². The second-order valence-corrected chi connectivity index (χ2v) is 6.02. The van der Waals surface area contributed by atoms with Crippen LogP contribution in [0.1, 0.15) is 31.6 Å². The lowest BCUT2D eigenvalue weighted by molar-refractivity contribution is 0.195. The topological polar surface area (TPSA) is 73.4 Å². The van der Waals surface area contributed by atoms with E-state index in [0.717, 1.165) is 12.8 Å². The Morgan fingerprint density at radius 2 is 2.06 bits per heavy atom. The number of sulfonamides is 1. The molecule has 0 aliphatic carbocycles. The van der Waals surface area contributed by atoms with E-state index >= 15 is 0 Å². The van der Waals surface area contributed by atoms with Gasteiger partial charge in [-0.1, -0.05) is 0 Å². The Morgan fingerprint density at radius 1 is 1.44 bits per heavy atom. The van der Waals surface area contributed by atoms with Gasteiger partial charge in [-0.05, 0) is 25.8 Å². The van der Waals surface area contributed by atoms with Gasteiger partial charge < -0.3 is 10.1 Å². The fraction of sp³-hybridized carbons (Fsp3) is 0.600. The van der Waals surface area contributed by atoms with Gasteiger partial charge in [0, 0.05) is 25.0 Å². The van der Waals surface area contributed by atoms with Gasteiger partial charge in [0.05, 0.1) is 11.0 Å². The smallest absolute Gasteiger partial charge is 0.244 e. The molecular weight excluding hydrogens is 228 g/mol. The quantitative estimate of drug-likeness (QED) is 0.828. The largest absolute Gasteiger partial charge is 0.387 e. The summed E-state index contributed by atoms with van der Waals surface area (Å²) in [5.74, 6) is 0. The van der Waals surface area contributed by atoms with E-state index in [2.05, 4.69) is 4.98 Å². The maximum atomic E-state index is 12.1. The van der Waals surface area contributed by atoms with Gasteiger partial charge in [0.25, 0.3) is 0 Å². The maximum absolute atomic E-state index is 12.1. The van der Waals surface area contributed by atoms with Crippen molar-refractivity contribution in [1.29, 1.82) is 0 Å². The summed E-state index contributed by atoms with van der Waals surface area (Å²) in [4.78, 5) is 3.02. The average Bonchev–Trinajstić information content (AvgIpc) is 2.90. The van der Waals surface area contributed by atoms with Crippen LogP contribution in [-0.2, 0) is 10.0 Å². The molecule has 0 bridgehead atoms. The third-order valence-corrected chi connectivity index (χ3v) is 4.71. The second kappa shape index (κ2) is 4.20. The summed E-state index contributed by atoms with van der Waals surface area (Å²) in [6.07, 6.45) is 2.61. The highest BCUT2D eigenvalue weighted by molar-refractivity contribution is 7.89. The number of aliphatic hydroxyl groups is 1. The molecule has 2 rings (SSSR count). The molecule has 1 aliphatic heterocycles. The standard InChI is InChI=1S/C10H16N2O3S/c1-8(13)10-6-9(7-11-10)16(14,15)12-4-2-3-5-12/h6-8,11,13H,2-5H2,1H3. The average molecular weight is 244 g/mol. The van der Waals surface area contributed by atoms with E-state index in [1.54, 1.807) is 6.92 Å². The lowest BCUT2D eigenvalue weighted by atomic mass is 10.3. The number of rotatable bonds is 3. The first-order valence-electron chi connectivity index (χ1n) is 5.38. The summed E-state index contributed by atoms with van der Waals surface area (Å²) in [5.41, 5.74) is 0.526. The molecule has 0 saturated carbocycles. The molecule has 90 valence electrons. The van der Waals surface area contributed by atoms with Crippen molar-refractivity contribution in [3.8, 4) is 0 Å². The summed E-state index contributed by atoms with van der Waals surface area (Å²) >= 11 is 0. The van der Waals surface area contributed by atoms with Crippen molar-refractivity contribution in [2.45, 2.75) is 30.8 Å². The van der Waals surface area contributed by atoms with Crippen molar-refractivity contribution in [2.24, 2.45) is 0 Å². The molecule has 6 heteroatoms. The Balaban J connectivity index is 2.28. The molecule has 5 nitrogen and oxygen atoms in total. The number of aliphatic hydroxyl groups excluding tert-OH is 1. The van der Waals surface area contributed by atoms with Crippen LogP contribution in [0.5, 0.6) is 0 Å². The number of aromatic nitrogens is 1. The Bertz CT molecular complexity index is 458. The Hall–Kier alpha value is -0.850. The molecule has 0 radical (unpaired) electrons. The molecule has 0 aromatic carbocycles. The van der Waals surface area contributed by atoms with Crippen molar-refractivity contribution >= 4 is 10.0 Å². The van der Waals surface area contributed by atoms with Gasteiger partial charge >= 0.3 is 0 Å². The summed E-state index contributed by atoms with van der Waals surface area (Å²) in [5, 5.41) is 9.33. The van der Waals surface area contributed by atoms with Crippen molar-refractivity contribution in [2.75, 3.05) is 13.1 Å². The van der Waals surface area contributed by atoms with Crippen LogP contribution in [-0.4, -0.2) is 35.9 Å². The van der Waals surface area contributed by atoms with Gasteiger partial charge in [0.15, 0.2) is 0 Å². The fourth-order valence-electron chi connectivity index (χ4n) is 1.86. The highest BCUT2D eigenvalue weighted by Gasteiger charge is 2.28. The third-order valence-electron chi connectivity index (χ3n) is 2.83. The molecule has 1 aromatic rings. The van der Waals surface area contributed by atoms with Crippen LogP contribution in [0.2, 0.25) is 0 Å². The van der Waals surface area contributed by atoms with Gasteiger partial charge in [-0.3, -0.25) is 0 Å². The van der Waals surface area contributed by atoms with Crippen LogP contribution in [0, 0.1) is 0 Å². The SMILES string of the molecule is CC(O)c1cc(S(=O)(=O)N2CCCC2)c[nH]1. The van der Waals surface area contributed by atoms with E-state index in [-0.39, 0.29) is 4.90 Å². The lowest BCUT2D eigenvalue weighted by Gasteiger charge is -2.13. The van der Waals surface area contributed by atoms with Crippen LogP contribution in [0.15, 0.2) is 17.2 Å². The fourth-order valence-corrected chi connectivity index (χ4v) is 3.38. The van der Waals surface area contributed by atoms with Gasteiger partial charge in [-0.2, -0.15) is 4.31 Å². The first kappa shape index (κ1) is 11.6. The molecule has 1 fully saturated rings. The molecule has 0 amide bonds. The van der Waals surface area contributed by atoms with E-state index < -0.39 is 16.1 Å². The summed E-state index contributed by atoms with van der Waals surface area (Å²) in [7, 11) is -3.36. The predicted octanol–water partition coefficient (Wildman–Crippen LogP) is 0.853. The number of nitrogens with one attached hydrogen (secondary N) is 1. The highest BCUT2D eigenvalue weighted by atomic mass is 32.2. The van der Waals surface area contributed by atoms with E-state index in [4.69, 9.17) is 0 Å². The van der Waals surface area contributed by atoms with Crippen molar-refractivity contribution in [1.82, 2.24) is 9.29 Å². The number of hydrogen-bond acceptors (Lipinski definition) is 3. The molecule has 2 N–H and O–H groups in total. The van der Waals surface area contributed by atoms with Gasteiger partial charge in [0.1, 0.15) is 0 Å². The second-order valence-electron chi connectivity index (χ2n) is 4.08. The first-order valence-corrected chi connectivity index (χ1v) is 6.82.